The van der Waals surface area contributed by atoms with Crippen LogP contribution in [-0.2, 0) is 11.0 Å². The molecule has 1 amide bonds. The highest BCUT2D eigenvalue weighted by atomic mass is 32.2. The summed E-state index contributed by atoms with van der Waals surface area (Å²) in [7, 11) is 1.39. The van der Waals surface area contributed by atoms with Crippen molar-refractivity contribution in [3.63, 3.8) is 0 Å². The summed E-state index contributed by atoms with van der Waals surface area (Å²) in [6.07, 6.45) is -1.82. The van der Waals surface area contributed by atoms with Gasteiger partial charge in [-0.15, -0.1) is 0 Å². The minimum Gasteiger partial charge on any atom is -0.493 e. The molecule has 1 saturated heterocycles. The Morgan fingerprint density at radius 2 is 1.94 bits per heavy atom. The second-order valence-corrected chi connectivity index (χ2v) is 9.07. The summed E-state index contributed by atoms with van der Waals surface area (Å²) >= 11 is 1.23. The number of ether oxygens (including phenoxy) is 2. The van der Waals surface area contributed by atoms with Gasteiger partial charge in [0.2, 0.25) is 0 Å². The van der Waals surface area contributed by atoms with Crippen LogP contribution in [0.4, 0.5) is 13.2 Å². The molecule has 2 aliphatic rings. The average molecular weight is 493 g/mol. The van der Waals surface area contributed by atoms with Crippen LogP contribution in [0.25, 0.3) is 6.08 Å². The predicted octanol–water partition coefficient (Wildman–Crippen LogP) is 5.24. The minimum absolute atomic E-state index is 0.114. The second kappa shape index (κ2) is 9.71. The Morgan fingerprint density at radius 3 is 2.65 bits per heavy atom. The Balaban J connectivity index is 1.55. The Bertz CT molecular complexity index is 1160. The van der Waals surface area contributed by atoms with E-state index in [9.17, 15) is 23.1 Å². The third kappa shape index (κ3) is 5.39. The highest BCUT2D eigenvalue weighted by Gasteiger charge is 2.35. The van der Waals surface area contributed by atoms with Crippen molar-refractivity contribution in [2.75, 3.05) is 20.2 Å². The number of amidine groups is 1. The van der Waals surface area contributed by atoms with E-state index in [1.165, 1.54) is 37.1 Å². The molecule has 0 radical (unpaired) electrons. The first-order valence-corrected chi connectivity index (χ1v) is 11.4. The zero-order valence-corrected chi connectivity index (χ0v) is 19.4. The summed E-state index contributed by atoms with van der Waals surface area (Å²) in [5, 5.41) is 10.4. The van der Waals surface area contributed by atoms with Crippen molar-refractivity contribution in [1.82, 2.24) is 4.90 Å². The zero-order chi connectivity index (χ0) is 24.5. The maximum atomic E-state index is 13.4. The molecule has 10 heteroatoms. The van der Waals surface area contributed by atoms with E-state index in [0.717, 1.165) is 25.5 Å². The van der Waals surface area contributed by atoms with E-state index in [1.807, 2.05) is 4.90 Å². The molecular weight excluding hydrogens is 469 g/mol. The number of β-amino-alcohol motifs (C(OH)–C–C–N with tert-alkyl or cyclic N) is 1. The number of thioether (sulfide) groups is 1. The van der Waals surface area contributed by atoms with Gasteiger partial charge < -0.3 is 19.5 Å². The van der Waals surface area contributed by atoms with E-state index in [2.05, 4.69) is 4.99 Å². The smallest absolute Gasteiger partial charge is 0.419 e. The van der Waals surface area contributed by atoms with Crippen LogP contribution in [0.1, 0.15) is 29.5 Å². The van der Waals surface area contributed by atoms with Crippen molar-refractivity contribution in [3.8, 4) is 17.2 Å². The largest absolute Gasteiger partial charge is 0.493 e. The lowest BCUT2D eigenvalue weighted by Crippen LogP contribution is -2.40. The van der Waals surface area contributed by atoms with Gasteiger partial charge >= 0.3 is 6.18 Å². The van der Waals surface area contributed by atoms with Crippen LogP contribution >= 0.6 is 11.8 Å². The van der Waals surface area contributed by atoms with Crippen molar-refractivity contribution < 1.29 is 32.5 Å². The van der Waals surface area contributed by atoms with Crippen LogP contribution in [0.2, 0.25) is 0 Å². The number of nitrogens with zero attached hydrogens (tertiary/aromatic N) is 2. The lowest BCUT2D eigenvalue weighted by atomic mass is 10.1. The molecule has 34 heavy (non-hydrogen) atoms. The fourth-order valence-corrected chi connectivity index (χ4v) is 4.69. The Labute approximate surface area is 199 Å². The summed E-state index contributed by atoms with van der Waals surface area (Å²) in [4.78, 5) is 18.8. The molecule has 1 fully saturated rings. The number of methoxy groups -OCH3 is 1. The first-order chi connectivity index (χ1) is 16.1. The van der Waals surface area contributed by atoms with E-state index in [-0.39, 0.29) is 23.2 Å². The number of aliphatic hydroxyl groups excluding tert-OH is 1. The maximum Gasteiger partial charge on any atom is 0.419 e. The molecule has 0 bridgehead atoms. The third-order valence-electron chi connectivity index (χ3n) is 5.42. The molecule has 0 aliphatic carbocycles. The molecule has 2 aliphatic heterocycles. The van der Waals surface area contributed by atoms with Crippen molar-refractivity contribution in [2.24, 2.45) is 4.99 Å². The van der Waals surface area contributed by atoms with Crippen molar-refractivity contribution in [2.45, 2.75) is 32.0 Å². The number of benzene rings is 2. The fourth-order valence-electron chi connectivity index (χ4n) is 3.74. The lowest BCUT2D eigenvalue weighted by molar-refractivity contribution is -0.138. The maximum absolute atomic E-state index is 13.4. The number of alkyl halides is 3. The number of piperidine rings is 1. The van der Waals surface area contributed by atoms with Gasteiger partial charge in [0, 0.05) is 13.1 Å². The second-order valence-electron chi connectivity index (χ2n) is 8.06. The van der Waals surface area contributed by atoms with Crippen LogP contribution in [0.15, 0.2) is 46.3 Å². The number of carbonyl (C=O) groups excluding carboxylic acids is 1. The average Bonchev–Trinajstić information content (AvgIpc) is 3.15. The number of aliphatic imine (C=N–C) groups is 1. The van der Waals surface area contributed by atoms with Gasteiger partial charge in [-0.25, -0.2) is 0 Å². The molecule has 1 N–H and O–H groups in total. The zero-order valence-electron chi connectivity index (χ0n) is 18.6. The number of hydrogen-bond acceptors (Lipinski definition) is 6. The van der Waals surface area contributed by atoms with Crippen LogP contribution in [0.5, 0.6) is 17.2 Å². The third-order valence-corrected chi connectivity index (χ3v) is 6.47. The number of hydrogen-bond donors (Lipinski definition) is 1. The predicted molar refractivity (Wildman–Crippen MR) is 124 cm³/mol. The van der Waals surface area contributed by atoms with E-state index < -0.39 is 17.8 Å². The van der Waals surface area contributed by atoms with Crippen LogP contribution in [0, 0.1) is 6.92 Å². The minimum atomic E-state index is -4.57. The summed E-state index contributed by atoms with van der Waals surface area (Å²) < 4.78 is 51.3. The van der Waals surface area contributed by atoms with Gasteiger partial charge in [0.25, 0.3) is 5.91 Å². The topological polar surface area (TPSA) is 71.4 Å². The van der Waals surface area contributed by atoms with Crippen LogP contribution in [-0.4, -0.2) is 47.4 Å². The van der Waals surface area contributed by atoms with Crippen LogP contribution < -0.4 is 9.47 Å². The molecule has 180 valence electrons. The summed E-state index contributed by atoms with van der Waals surface area (Å²) in [6, 6.07) is 8.55. The number of carbonyl (C=O) groups is 1. The van der Waals surface area contributed by atoms with Gasteiger partial charge in [0.1, 0.15) is 5.75 Å². The number of rotatable bonds is 4. The molecule has 0 aromatic heterocycles. The van der Waals surface area contributed by atoms with E-state index in [4.69, 9.17) is 9.47 Å². The molecule has 4 rings (SSSR count). The summed E-state index contributed by atoms with van der Waals surface area (Å²) in [5.74, 6) is -0.373. The Kier molecular flexibility index (Phi) is 6.90. The molecule has 2 aromatic carbocycles. The summed E-state index contributed by atoms with van der Waals surface area (Å²) in [6.45, 7) is 2.74. The van der Waals surface area contributed by atoms with Gasteiger partial charge in [0.15, 0.2) is 16.7 Å². The highest BCUT2D eigenvalue weighted by Crippen LogP contribution is 2.41. The highest BCUT2D eigenvalue weighted by molar-refractivity contribution is 8.18. The van der Waals surface area contributed by atoms with Crippen LogP contribution in [0.3, 0.4) is 0 Å². The lowest BCUT2D eigenvalue weighted by Gasteiger charge is -2.30. The Hall–Kier alpha value is -2.98. The normalized spacial score (nSPS) is 20.0. The van der Waals surface area contributed by atoms with Gasteiger partial charge in [-0.05, 0) is 67.4 Å². The van der Waals surface area contributed by atoms with Crippen molar-refractivity contribution in [1.29, 1.82) is 0 Å². The molecule has 6 nitrogen and oxygen atoms in total. The molecule has 0 saturated carbocycles. The van der Waals surface area contributed by atoms with Gasteiger partial charge in [0.05, 0.1) is 23.7 Å². The standard InChI is InChI=1S/C24H23F3N2O4S/c1-14-5-7-18(17(10-14)24(25,26)27)33-19-8-6-15(11-20(19)32-2)12-21-22(31)28-23(34-21)29-9-3-4-16(30)13-29/h5-8,10-12,16,30H,3-4,9,13H2,1-2H3/b21-12-. The van der Waals surface area contributed by atoms with Gasteiger partial charge in [-0.1, -0.05) is 17.7 Å². The number of aliphatic hydroxyl groups is 1. The van der Waals surface area contributed by atoms with Crippen molar-refractivity contribution >= 4 is 28.9 Å². The number of likely N-dealkylation sites (tertiary alicyclic amines) is 1. The van der Waals surface area contributed by atoms with E-state index in [1.54, 1.807) is 25.1 Å². The van der Waals surface area contributed by atoms with Gasteiger partial charge in [-0.2, -0.15) is 18.2 Å². The van der Waals surface area contributed by atoms with E-state index in [0.29, 0.717) is 27.7 Å². The number of halogens is 3. The molecular formula is C24H23F3N2O4S. The molecule has 1 unspecified atom stereocenters. The SMILES string of the molecule is COc1cc(/C=C2\SC(N3CCCC(O)C3)=NC2=O)ccc1Oc1ccc(C)cc1C(F)(F)F. The van der Waals surface area contributed by atoms with Crippen molar-refractivity contribution in [3.05, 3.63) is 58.0 Å². The number of aryl methyl sites for hydroxylation is 1. The monoisotopic (exact) mass is 492 g/mol. The van der Waals surface area contributed by atoms with Gasteiger partial charge in [-0.3, -0.25) is 4.79 Å². The van der Waals surface area contributed by atoms with E-state index >= 15 is 0 Å². The molecule has 1 atom stereocenters. The molecule has 2 heterocycles. The fraction of sp³-hybridized carbons (Fsp3) is 0.333. The summed E-state index contributed by atoms with van der Waals surface area (Å²) in [5.41, 5.74) is 0.198. The first kappa shape index (κ1) is 24.2. The quantitative estimate of drug-likeness (QED) is 0.589. The molecule has 0 spiro atoms. The first-order valence-electron chi connectivity index (χ1n) is 10.6. The number of amides is 1. The molecule has 2 aromatic rings. The Morgan fingerprint density at radius 1 is 1.18 bits per heavy atom.